The summed E-state index contributed by atoms with van der Waals surface area (Å²) in [6.45, 7) is 4.73. The van der Waals surface area contributed by atoms with E-state index in [1.54, 1.807) is 6.07 Å². The second-order valence-corrected chi connectivity index (χ2v) is 5.22. The Morgan fingerprint density at radius 1 is 1.11 bits per heavy atom. The molecule has 2 aromatic rings. The molecule has 2 rings (SSSR count). The van der Waals surface area contributed by atoms with Crippen molar-refractivity contribution in [3.8, 4) is 0 Å². The molecule has 3 heteroatoms. The number of benzene rings is 2. The Morgan fingerprint density at radius 2 is 1.83 bits per heavy atom. The minimum Gasteiger partial charge on any atom is -0.381 e. The van der Waals surface area contributed by atoms with Crippen LogP contribution in [0.25, 0.3) is 0 Å². The quantitative estimate of drug-likeness (QED) is 0.857. The minimum atomic E-state index is -0.228. The number of nitrogens with one attached hydrogen (secondary N) is 1. The van der Waals surface area contributed by atoms with Gasteiger partial charge in [0.15, 0.2) is 0 Å². The van der Waals surface area contributed by atoms with E-state index in [-0.39, 0.29) is 5.82 Å². The number of halogens is 2. The summed E-state index contributed by atoms with van der Waals surface area (Å²) in [4.78, 5) is 0. The van der Waals surface area contributed by atoms with Gasteiger partial charge >= 0.3 is 0 Å². The smallest absolute Gasteiger partial charge is 0.137 e. The molecule has 0 fully saturated rings. The molecule has 0 radical (unpaired) electrons. The zero-order chi connectivity index (χ0) is 13.1. The van der Waals surface area contributed by atoms with E-state index in [0.29, 0.717) is 4.47 Å². The molecule has 1 nitrogen and oxygen atoms in total. The Kier molecular flexibility index (Phi) is 4.02. The maximum absolute atomic E-state index is 13.3. The maximum Gasteiger partial charge on any atom is 0.137 e. The first-order valence-electron chi connectivity index (χ1n) is 5.82. The molecule has 0 aliphatic carbocycles. The van der Waals surface area contributed by atoms with Gasteiger partial charge < -0.3 is 5.32 Å². The summed E-state index contributed by atoms with van der Waals surface area (Å²) in [6.07, 6.45) is 0. The molecular formula is C15H15BrFN. The van der Waals surface area contributed by atoms with Crippen LogP contribution >= 0.6 is 15.9 Å². The maximum atomic E-state index is 13.3. The average molecular weight is 308 g/mol. The van der Waals surface area contributed by atoms with Crippen LogP contribution in [0.15, 0.2) is 40.9 Å². The SMILES string of the molecule is Cc1ccccc1CNc1cc(Br)c(F)cc1C. The Bertz CT molecular complexity index is 566. The lowest BCUT2D eigenvalue weighted by atomic mass is 10.1. The highest BCUT2D eigenvalue weighted by Gasteiger charge is 2.05. The molecule has 1 N–H and O–H groups in total. The summed E-state index contributed by atoms with van der Waals surface area (Å²) < 4.78 is 13.8. The summed E-state index contributed by atoms with van der Waals surface area (Å²) in [5.41, 5.74) is 4.36. The molecule has 0 aliphatic rings. The van der Waals surface area contributed by atoms with Crippen LogP contribution in [0.2, 0.25) is 0 Å². The third-order valence-electron chi connectivity index (χ3n) is 3.00. The first-order chi connectivity index (χ1) is 8.58. The number of hydrogen-bond acceptors (Lipinski definition) is 1. The highest BCUT2D eigenvalue weighted by Crippen LogP contribution is 2.24. The van der Waals surface area contributed by atoms with Crippen molar-refractivity contribution in [2.24, 2.45) is 0 Å². The predicted molar refractivity (Wildman–Crippen MR) is 77.3 cm³/mol. The van der Waals surface area contributed by atoms with E-state index in [2.05, 4.69) is 40.3 Å². The lowest BCUT2D eigenvalue weighted by Crippen LogP contribution is -2.03. The van der Waals surface area contributed by atoms with Crippen LogP contribution in [0.1, 0.15) is 16.7 Å². The summed E-state index contributed by atoms with van der Waals surface area (Å²) in [7, 11) is 0. The van der Waals surface area contributed by atoms with Gasteiger partial charge in [0.2, 0.25) is 0 Å². The van der Waals surface area contributed by atoms with E-state index < -0.39 is 0 Å². The van der Waals surface area contributed by atoms with Crippen LogP contribution < -0.4 is 5.32 Å². The highest BCUT2D eigenvalue weighted by molar-refractivity contribution is 9.10. The molecule has 0 saturated carbocycles. The molecule has 18 heavy (non-hydrogen) atoms. The lowest BCUT2D eigenvalue weighted by Gasteiger charge is -2.12. The summed E-state index contributed by atoms with van der Waals surface area (Å²) in [6, 6.07) is 11.5. The first-order valence-corrected chi connectivity index (χ1v) is 6.61. The van der Waals surface area contributed by atoms with Crippen molar-refractivity contribution in [2.45, 2.75) is 20.4 Å². The molecule has 0 bridgehead atoms. The highest BCUT2D eigenvalue weighted by atomic mass is 79.9. The largest absolute Gasteiger partial charge is 0.381 e. The van der Waals surface area contributed by atoms with Crippen molar-refractivity contribution in [2.75, 3.05) is 5.32 Å². The Morgan fingerprint density at radius 3 is 2.56 bits per heavy atom. The van der Waals surface area contributed by atoms with Gasteiger partial charge in [0.05, 0.1) is 4.47 Å². The normalized spacial score (nSPS) is 10.4. The lowest BCUT2D eigenvalue weighted by molar-refractivity contribution is 0.620. The van der Waals surface area contributed by atoms with Gasteiger partial charge in [-0.15, -0.1) is 0 Å². The zero-order valence-electron chi connectivity index (χ0n) is 10.4. The standard InChI is InChI=1S/C15H15BrFN/c1-10-5-3-4-6-12(10)9-18-15-8-13(16)14(17)7-11(15)2/h3-8,18H,9H2,1-2H3. The van der Waals surface area contributed by atoms with Gasteiger partial charge in [-0.05, 0) is 58.6 Å². The second-order valence-electron chi connectivity index (χ2n) is 4.36. The van der Waals surface area contributed by atoms with E-state index in [1.807, 2.05) is 19.1 Å². The monoisotopic (exact) mass is 307 g/mol. The third kappa shape index (κ3) is 2.91. The van der Waals surface area contributed by atoms with Gasteiger partial charge in [0.1, 0.15) is 5.82 Å². The van der Waals surface area contributed by atoms with Crippen LogP contribution in [-0.4, -0.2) is 0 Å². The van der Waals surface area contributed by atoms with Gasteiger partial charge in [-0.2, -0.15) is 0 Å². The van der Waals surface area contributed by atoms with Gasteiger partial charge in [0.25, 0.3) is 0 Å². The number of anilines is 1. The molecule has 0 amide bonds. The number of hydrogen-bond donors (Lipinski definition) is 1. The van der Waals surface area contributed by atoms with Crippen molar-refractivity contribution in [1.29, 1.82) is 0 Å². The molecule has 0 spiro atoms. The Hall–Kier alpha value is -1.35. The summed E-state index contributed by atoms with van der Waals surface area (Å²) >= 11 is 3.21. The molecule has 0 unspecified atom stereocenters. The van der Waals surface area contributed by atoms with E-state index >= 15 is 0 Å². The molecule has 0 aromatic heterocycles. The number of rotatable bonds is 3. The van der Waals surface area contributed by atoms with E-state index in [0.717, 1.165) is 17.8 Å². The van der Waals surface area contributed by atoms with Crippen molar-refractivity contribution in [1.82, 2.24) is 0 Å². The minimum absolute atomic E-state index is 0.228. The molecule has 2 aromatic carbocycles. The molecule has 0 heterocycles. The Labute approximate surface area is 115 Å². The topological polar surface area (TPSA) is 12.0 Å². The Balaban J connectivity index is 2.16. The van der Waals surface area contributed by atoms with Crippen LogP contribution in [-0.2, 0) is 6.54 Å². The van der Waals surface area contributed by atoms with E-state index in [1.165, 1.54) is 17.2 Å². The van der Waals surface area contributed by atoms with Crippen molar-refractivity contribution in [3.63, 3.8) is 0 Å². The van der Waals surface area contributed by atoms with E-state index in [9.17, 15) is 4.39 Å². The summed E-state index contributed by atoms with van der Waals surface area (Å²) in [5, 5.41) is 3.34. The molecule has 0 atom stereocenters. The fourth-order valence-corrected chi connectivity index (χ4v) is 2.18. The van der Waals surface area contributed by atoms with Gasteiger partial charge in [-0.1, -0.05) is 24.3 Å². The fraction of sp³-hybridized carbons (Fsp3) is 0.200. The van der Waals surface area contributed by atoms with E-state index in [4.69, 9.17) is 0 Å². The first kappa shape index (κ1) is 13.1. The van der Waals surface area contributed by atoms with Crippen molar-refractivity contribution < 1.29 is 4.39 Å². The fourth-order valence-electron chi connectivity index (χ4n) is 1.84. The van der Waals surface area contributed by atoms with Crippen LogP contribution in [0.5, 0.6) is 0 Å². The van der Waals surface area contributed by atoms with Crippen LogP contribution in [0.4, 0.5) is 10.1 Å². The third-order valence-corrected chi connectivity index (χ3v) is 3.61. The van der Waals surface area contributed by atoms with Crippen molar-refractivity contribution in [3.05, 3.63) is 63.4 Å². The molecule has 94 valence electrons. The molecule has 0 aliphatic heterocycles. The predicted octanol–water partition coefficient (Wildman–Crippen LogP) is 4.82. The van der Waals surface area contributed by atoms with Crippen molar-refractivity contribution >= 4 is 21.6 Å². The van der Waals surface area contributed by atoms with Gasteiger partial charge in [-0.3, -0.25) is 0 Å². The molecule has 0 saturated heterocycles. The summed E-state index contributed by atoms with van der Waals surface area (Å²) in [5.74, 6) is -0.228. The van der Waals surface area contributed by atoms with Crippen LogP contribution in [0, 0.1) is 19.7 Å². The molecular weight excluding hydrogens is 293 g/mol. The second kappa shape index (κ2) is 5.53. The van der Waals surface area contributed by atoms with Gasteiger partial charge in [-0.25, -0.2) is 4.39 Å². The van der Waals surface area contributed by atoms with Crippen LogP contribution in [0.3, 0.4) is 0 Å². The zero-order valence-corrected chi connectivity index (χ0v) is 12.0. The number of aryl methyl sites for hydroxylation is 2. The average Bonchev–Trinajstić information content (AvgIpc) is 2.34. The van der Waals surface area contributed by atoms with Gasteiger partial charge in [0, 0.05) is 12.2 Å².